The van der Waals surface area contributed by atoms with Crippen molar-refractivity contribution in [1.29, 1.82) is 0 Å². The Morgan fingerprint density at radius 3 is 2.64 bits per heavy atom. The van der Waals surface area contributed by atoms with E-state index in [2.05, 4.69) is 17.1 Å². The van der Waals surface area contributed by atoms with Gasteiger partial charge in [0.2, 0.25) is 5.91 Å². The molecule has 1 fully saturated rings. The lowest BCUT2D eigenvalue weighted by atomic mass is 10.1. The number of halogens is 1. The van der Waals surface area contributed by atoms with Crippen LogP contribution in [0.1, 0.15) is 26.2 Å². The summed E-state index contributed by atoms with van der Waals surface area (Å²) in [5.74, 6) is 0.509. The van der Waals surface area contributed by atoms with E-state index < -0.39 is 0 Å². The molecule has 0 unspecified atom stereocenters. The van der Waals surface area contributed by atoms with Crippen LogP contribution in [0.15, 0.2) is 0 Å². The van der Waals surface area contributed by atoms with Crippen molar-refractivity contribution >= 4 is 17.5 Å². The fourth-order valence-electron chi connectivity index (χ4n) is 1.78. The third-order valence-corrected chi connectivity index (χ3v) is 2.91. The first-order chi connectivity index (χ1) is 6.76. The largest absolute Gasteiger partial charge is 0.353 e. The molecular formula is C10H19ClN2O. The molecule has 0 aromatic heterocycles. The number of hydrogen-bond acceptors (Lipinski definition) is 2. The number of nitrogens with zero attached hydrogens (tertiary/aromatic N) is 1. The van der Waals surface area contributed by atoms with Gasteiger partial charge in [-0.2, -0.15) is 0 Å². The smallest absolute Gasteiger partial charge is 0.221 e. The number of piperidine rings is 1. The third kappa shape index (κ3) is 3.84. The summed E-state index contributed by atoms with van der Waals surface area (Å²) in [6, 6.07) is 0.369. The van der Waals surface area contributed by atoms with Crippen molar-refractivity contribution in [1.82, 2.24) is 10.2 Å². The summed E-state index contributed by atoms with van der Waals surface area (Å²) in [5.41, 5.74) is 0. The molecular weight excluding hydrogens is 200 g/mol. The maximum absolute atomic E-state index is 11.3. The summed E-state index contributed by atoms with van der Waals surface area (Å²) in [6.45, 7) is 5.49. The second-order valence-electron chi connectivity index (χ2n) is 3.72. The van der Waals surface area contributed by atoms with E-state index in [-0.39, 0.29) is 5.91 Å². The molecule has 1 N–H and O–H groups in total. The molecule has 3 nitrogen and oxygen atoms in total. The van der Waals surface area contributed by atoms with Crippen molar-refractivity contribution in [3.05, 3.63) is 0 Å². The van der Waals surface area contributed by atoms with Gasteiger partial charge in [0.05, 0.1) is 0 Å². The lowest BCUT2D eigenvalue weighted by Crippen LogP contribution is -2.44. The van der Waals surface area contributed by atoms with Crippen molar-refractivity contribution in [2.75, 3.05) is 25.5 Å². The molecule has 0 aromatic rings. The van der Waals surface area contributed by atoms with Crippen molar-refractivity contribution in [3.8, 4) is 0 Å². The van der Waals surface area contributed by atoms with Gasteiger partial charge in [-0.3, -0.25) is 4.79 Å². The summed E-state index contributed by atoms with van der Waals surface area (Å²) in [7, 11) is 0. The van der Waals surface area contributed by atoms with E-state index in [1.807, 2.05) is 0 Å². The molecule has 1 saturated heterocycles. The number of nitrogens with one attached hydrogen (secondary N) is 1. The Kier molecular flexibility index (Phi) is 5.26. The molecule has 0 bridgehead atoms. The van der Waals surface area contributed by atoms with Crippen LogP contribution in [0.25, 0.3) is 0 Å². The van der Waals surface area contributed by atoms with Gasteiger partial charge in [-0.1, -0.05) is 6.92 Å². The molecule has 4 heteroatoms. The van der Waals surface area contributed by atoms with Crippen LogP contribution in [0.4, 0.5) is 0 Å². The standard InChI is InChI=1S/C10H19ClN2O/c1-2-13-7-4-9(5-8-13)12-10(14)3-6-11/h9H,2-8H2,1H3,(H,12,14). The fourth-order valence-corrected chi connectivity index (χ4v) is 1.95. The maximum atomic E-state index is 11.3. The highest BCUT2D eigenvalue weighted by Gasteiger charge is 2.18. The van der Waals surface area contributed by atoms with E-state index in [0.717, 1.165) is 32.5 Å². The minimum atomic E-state index is 0.0925. The normalized spacial score (nSPS) is 19.6. The molecule has 14 heavy (non-hydrogen) atoms. The fraction of sp³-hybridized carbons (Fsp3) is 0.900. The Bertz CT molecular complexity index is 179. The highest BCUT2D eigenvalue weighted by molar-refractivity contribution is 6.18. The van der Waals surface area contributed by atoms with E-state index in [1.54, 1.807) is 0 Å². The predicted molar refractivity (Wildman–Crippen MR) is 58.6 cm³/mol. The van der Waals surface area contributed by atoms with Gasteiger partial charge in [0.15, 0.2) is 0 Å². The van der Waals surface area contributed by atoms with Gasteiger partial charge < -0.3 is 10.2 Å². The van der Waals surface area contributed by atoms with Crippen LogP contribution in [0.2, 0.25) is 0 Å². The van der Waals surface area contributed by atoms with Crippen LogP contribution < -0.4 is 5.32 Å². The number of rotatable bonds is 4. The van der Waals surface area contributed by atoms with Crippen molar-refractivity contribution < 1.29 is 4.79 Å². The zero-order valence-electron chi connectivity index (χ0n) is 8.76. The van der Waals surface area contributed by atoms with Crippen molar-refractivity contribution in [2.45, 2.75) is 32.2 Å². The zero-order chi connectivity index (χ0) is 10.4. The maximum Gasteiger partial charge on any atom is 0.221 e. The topological polar surface area (TPSA) is 32.3 Å². The van der Waals surface area contributed by atoms with Gasteiger partial charge in [-0.05, 0) is 19.4 Å². The molecule has 0 aromatic carbocycles. The number of likely N-dealkylation sites (tertiary alicyclic amines) is 1. The molecule has 1 aliphatic heterocycles. The zero-order valence-corrected chi connectivity index (χ0v) is 9.52. The second-order valence-corrected chi connectivity index (χ2v) is 4.09. The van der Waals surface area contributed by atoms with Crippen LogP contribution in [0.3, 0.4) is 0 Å². The van der Waals surface area contributed by atoms with Crippen LogP contribution in [-0.2, 0) is 4.79 Å². The van der Waals surface area contributed by atoms with Crippen LogP contribution in [0.5, 0.6) is 0 Å². The van der Waals surface area contributed by atoms with Gasteiger partial charge >= 0.3 is 0 Å². The summed E-state index contributed by atoms with van der Waals surface area (Å²) >= 11 is 5.49. The first-order valence-corrected chi connectivity index (χ1v) is 5.87. The predicted octanol–water partition coefficient (Wildman–Crippen LogP) is 1.22. The molecule has 82 valence electrons. The van der Waals surface area contributed by atoms with Gasteiger partial charge in [-0.25, -0.2) is 0 Å². The monoisotopic (exact) mass is 218 g/mol. The summed E-state index contributed by atoms with van der Waals surface area (Å²) < 4.78 is 0. The first-order valence-electron chi connectivity index (χ1n) is 5.34. The van der Waals surface area contributed by atoms with Gasteiger partial charge in [0.25, 0.3) is 0 Å². The molecule has 0 radical (unpaired) electrons. The Morgan fingerprint density at radius 1 is 1.50 bits per heavy atom. The average Bonchev–Trinajstić information content (AvgIpc) is 2.19. The lowest BCUT2D eigenvalue weighted by molar-refractivity contribution is -0.121. The van der Waals surface area contributed by atoms with E-state index in [1.165, 1.54) is 0 Å². The summed E-state index contributed by atoms with van der Waals surface area (Å²) in [5, 5.41) is 3.01. The van der Waals surface area contributed by atoms with E-state index in [9.17, 15) is 4.79 Å². The molecule has 0 atom stereocenters. The van der Waals surface area contributed by atoms with Crippen LogP contribution in [-0.4, -0.2) is 42.4 Å². The Balaban J connectivity index is 2.18. The molecule has 1 aliphatic rings. The first kappa shape index (κ1) is 11.8. The third-order valence-electron chi connectivity index (χ3n) is 2.72. The molecule has 1 amide bonds. The van der Waals surface area contributed by atoms with Gasteiger partial charge in [-0.15, -0.1) is 11.6 Å². The summed E-state index contributed by atoms with van der Waals surface area (Å²) in [4.78, 5) is 13.7. The molecule has 1 heterocycles. The van der Waals surface area contributed by atoms with Crippen LogP contribution >= 0.6 is 11.6 Å². The van der Waals surface area contributed by atoms with E-state index in [0.29, 0.717) is 18.3 Å². The molecule has 0 saturated carbocycles. The second kappa shape index (κ2) is 6.25. The number of alkyl halides is 1. The van der Waals surface area contributed by atoms with Crippen molar-refractivity contribution in [2.24, 2.45) is 0 Å². The van der Waals surface area contributed by atoms with Crippen LogP contribution in [0, 0.1) is 0 Å². The molecule has 1 rings (SSSR count). The summed E-state index contributed by atoms with van der Waals surface area (Å²) in [6.07, 6.45) is 2.58. The highest BCUT2D eigenvalue weighted by atomic mass is 35.5. The SMILES string of the molecule is CCN1CCC(NC(=O)CCCl)CC1. The van der Waals surface area contributed by atoms with E-state index >= 15 is 0 Å². The lowest BCUT2D eigenvalue weighted by Gasteiger charge is -2.31. The molecule has 0 aliphatic carbocycles. The average molecular weight is 219 g/mol. The minimum Gasteiger partial charge on any atom is -0.353 e. The number of hydrogen-bond donors (Lipinski definition) is 1. The van der Waals surface area contributed by atoms with Gasteiger partial charge in [0.1, 0.15) is 0 Å². The van der Waals surface area contributed by atoms with Gasteiger partial charge in [0, 0.05) is 31.4 Å². The number of amides is 1. The number of carbonyl (C=O) groups excluding carboxylic acids is 1. The quantitative estimate of drug-likeness (QED) is 0.720. The Hall–Kier alpha value is -0.280. The van der Waals surface area contributed by atoms with E-state index in [4.69, 9.17) is 11.6 Å². The minimum absolute atomic E-state index is 0.0925. The number of carbonyl (C=O) groups is 1. The Labute approximate surface area is 90.8 Å². The molecule has 0 spiro atoms. The van der Waals surface area contributed by atoms with Crippen molar-refractivity contribution in [3.63, 3.8) is 0 Å². The Morgan fingerprint density at radius 2 is 2.14 bits per heavy atom. The highest BCUT2D eigenvalue weighted by Crippen LogP contribution is 2.09.